The van der Waals surface area contributed by atoms with E-state index in [2.05, 4.69) is 29.3 Å². The second-order valence-electron chi connectivity index (χ2n) is 3.25. The molecule has 0 fully saturated rings. The number of rotatable bonds is 8. The van der Waals surface area contributed by atoms with Crippen LogP contribution in [-0.2, 0) is 11.3 Å². The number of hydrogen-bond donors (Lipinski definition) is 0. The summed E-state index contributed by atoms with van der Waals surface area (Å²) in [5, 5.41) is 2.12. The molecule has 0 radical (unpaired) electrons. The van der Waals surface area contributed by atoms with Crippen LogP contribution < -0.4 is 0 Å². The molecule has 4 heteroatoms. The molecule has 15 heavy (non-hydrogen) atoms. The Morgan fingerprint density at radius 2 is 2.33 bits per heavy atom. The molecule has 1 rings (SSSR count). The predicted octanol–water partition coefficient (Wildman–Crippen LogP) is 2.83. The maximum Gasteiger partial charge on any atom is 0.0602 e. The van der Waals surface area contributed by atoms with Crippen LogP contribution in [0.25, 0.3) is 0 Å². The van der Waals surface area contributed by atoms with Crippen molar-refractivity contribution in [3.05, 3.63) is 22.4 Å². The van der Waals surface area contributed by atoms with Crippen LogP contribution in [0, 0.1) is 0 Å². The van der Waals surface area contributed by atoms with Crippen LogP contribution in [0.5, 0.6) is 0 Å². The van der Waals surface area contributed by atoms with Crippen LogP contribution >= 0.6 is 22.9 Å². The van der Waals surface area contributed by atoms with Gasteiger partial charge in [0.1, 0.15) is 0 Å². The van der Waals surface area contributed by atoms with Gasteiger partial charge in [0.25, 0.3) is 0 Å². The van der Waals surface area contributed by atoms with Crippen molar-refractivity contribution in [1.29, 1.82) is 0 Å². The van der Waals surface area contributed by atoms with E-state index in [4.69, 9.17) is 16.3 Å². The molecule has 86 valence electrons. The maximum atomic E-state index is 5.53. The molecule has 0 spiro atoms. The molecular weight excluding hydrogens is 230 g/mol. The molecule has 0 unspecified atom stereocenters. The average molecular weight is 248 g/mol. The standard InChI is InChI=1S/C11H18ClNOS/c1-2-13(6-8-14-7-5-12)10-11-4-3-9-15-11/h3-4,9H,2,5-8,10H2,1H3. The topological polar surface area (TPSA) is 12.5 Å². The van der Waals surface area contributed by atoms with Crippen molar-refractivity contribution in [1.82, 2.24) is 4.90 Å². The zero-order valence-corrected chi connectivity index (χ0v) is 10.7. The Balaban J connectivity index is 2.18. The first-order chi connectivity index (χ1) is 7.36. The Kier molecular flexibility index (Phi) is 7.01. The van der Waals surface area contributed by atoms with Gasteiger partial charge in [-0.2, -0.15) is 0 Å². The lowest BCUT2D eigenvalue weighted by Crippen LogP contribution is -2.26. The molecule has 2 nitrogen and oxygen atoms in total. The number of ether oxygens (including phenoxy) is 1. The fourth-order valence-electron chi connectivity index (χ4n) is 1.32. The minimum Gasteiger partial charge on any atom is -0.379 e. The molecule has 0 N–H and O–H groups in total. The second-order valence-corrected chi connectivity index (χ2v) is 4.66. The van der Waals surface area contributed by atoms with Crippen LogP contribution in [0.15, 0.2) is 17.5 Å². The summed E-state index contributed by atoms with van der Waals surface area (Å²) < 4.78 is 5.36. The monoisotopic (exact) mass is 247 g/mol. The first-order valence-corrected chi connectivity index (χ1v) is 6.66. The quantitative estimate of drug-likeness (QED) is 0.518. The van der Waals surface area contributed by atoms with E-state index in [0.29, 0.717) is 12.5 Å². The average Bonchev–Trinajstić information content (AvgIpc) is 2.75. The highest BCUT2D eigenvalue weighted by Crippen LogP contribution is 2.11. The lowest BCUT2D eigenvalue weighted by molar-refractivity contribution is 0.114. The van der Waals surface area contributed by atoms with Gasteiger partial charge in [-0.05, 0) is 18.0 Å². The first kappa shape index (κ1) is 13.0. The van der Waals surface area contributed by atoms with E-state index in [1.165, 1.54) is 4.88 Å². The van der Waals surface area contributed by atoms with Crippen molar-refractivity contribution in [3.63, 3.8) is 0 Å². The lowest BCUT2D eigenvalue weighted by atomic mass is 10.4. The van der Waals surface area contributed by atoms with E-state index in [9.17, 15) is 0 Å². The molecule has 0 aliphatic rings. The molecule has 1 heterocycles. The Hall–Kier alpha value is -0.0900. The van der Waals surface area contributed by atoms with Crippen molar-refractivity contribution >= 4 is 22.9 Å². The highest BCUT2D eigenvalue weighted by molar-refractivity contribution is 7.09. The Morgan fingerprint density at radius 3 is 2.93 bits per heavy atom. The summed E-state index contributed by atoms with van der Waals surface area (Å²) in [6, 6.07) is 4.27. The zero-order chi connectivity index (χ0) is 10.9. The van der Waals surface area contributed by atoms with Gasteiger partial charge in [0.05, 0.1) is 13.2 Å². The molecule has 0 saturated carbocycles. The molecule has 1 aromatic rings. The van der Waals surface area contributed by atoms with E-state index in [1.54, 1.807) is 11.3 Å². The normalized spacial score (nSPS) is 11.1. The Bertz CT molecular complexity index is 241. The van der Waals surface area contributed by atoms with E-state index in [1.807, 2.05) is 0 Å². The minimum atomic E-state index is 0.580. The summed E-state index contributed by atoms with van der Waals surface area (Å²) in [6.07, 6.45) is 0. The highest BCUT2D eigenvalue weighted by Gasteiger charge is 2.03. The van der Waals surface area contributed by atoms with Crippen LogP contribution in [0.3, 0.4) is 0 Å². The predicted molar refractivity (Wildman–Crippen MR) is 66.8 cm³/mol. The van der Waals surface area contributed by atoms with Crippen LogP contribution in [0.4, 0.5) is 0 Å². The van der Waals surface area contributed by atoms with Crippen molar-refractivity contribution in [2.24, 2.45) is 0 Å². The third-order valence-corrected chi connectivity index (χ3v) is 3.20. The number of halogens is 1. The smallest absolute Gasteiger partial charge is 0.0602 e. The molecule has 0 saturated heterocycles. The number of thiophene rings is 1. The van der Waals surface area contributed by atoms with Crippen molar-refractivity contribution in [3.8, 4) is 0 Å². The summed E-state index contributed by atoms with van der Waals surface area (Å²) in [4.78, 5) is 3.79. The summed E-state index contributed by atoms with van der Waals surface area (Å²) >= 11 is 7.34. The Morgan fingerprint density at radius 1 is 1.47 bits per heavy atom. The third-order valence-electron chi connectivity index (χ3n) is 2.18. The van der Waals surface area contributed by atoms with Gasteiger partial charge < -0.3 is 4.74 Å². The highest BCUT2D eigenvalue weighted by atomic mass is 35.5. The van der Waals surface area contributed by atoms with Gasteiger partial charge in [-0.1, -0.05) is 13.0 Å². The fourth-order valence-corrected chi connectivity index (χ4v) is 2.18. The van der Waals surface area contributed by atoms with Gasteiger partial charge in [-0.15, -0.1) is 22.9 Å². The summed E-state index contributed by atoms with van der Waals surface area (Å²) in [6.45, 7) is 6.66. The van der Waals surface area contributed by atoms with Crippen LogP contribution in [-0.4, -0.2) is 37.1 Å². The molecule has 0 aliphatic heterocycles. The zero-order valence-electron chi connectivity index (χ0n) is 9.12. The molecule has 0 atom stereocenters. The van der Waals surface area contributed by atoms with Gasteiger partial charge in [-0.3, -0.25) is 4.90 Å². The molecule has 0 aromatic carbocycles. The molecule has 0 amide bonds. The van der Waals surface area contributed by atoms with Crippen molar-refractivity contribution < 1.29 is 4.74 Å². The third kappa shape index (κ3) is 5.52. The van der Waals surface area contributed by atoms with Crippen LogP contribution in [0.2, 0.25) is 0 Å². The van der Waals surface area contributed by atoms with Gasteiger partial charge >= 0.3 is 0 Å². The summed E-state index contributed by atoms with van der Waals surface area (Å²) in [5.74, 6) is 0.580. The van der Waals surface area contributed by atoms with Gasteiger partial charge in [-0.25, -0.2) is 0 Å². The van der Waals surface area contributed by atoms with E-state index in [0.717, 1.165) is 26.2 Å². The minimum absolute atomic E-state index is 0.580. The molecular formula is C11H18ClNOS. The maximum absolute atomic E-state index is 5.53. The van der Waals surface area contributed by atoms with Crippen molar-refractivity contribution in [2.75, 3.05) is 32.2 Å². The van der Waals surface area contributed by atoms with E-state index < -0.39 is 0 Å². The number of hydrogen-bond acceptors (Lipinski definition) is 3. The van der Waals surface area contributed by atoms with Gasteiger partial charge in [0.2, 0.25) is 0 Å². The number of alkyl halides is 1. The fraction of sp³-hybridized carbons (Fsp3) is 0.636. The van der Waals surface area contributed by atoms with Crippen LogP contribution in [0.1, 0.15) is 11.8 Å². The molecule has 0 bridgehead atoms. The van der Waals surface area contributed by atoms with Gasteiger partial charge in [0, 0.05) is 23.8 Å². The van der Waals surface area contributed by atoms with E-state index in [-0.39, 0.29) is 0 Å². The molecule has 1 aromatic heterocycles. The number of nitrogens with zero attached hydrogens (tertiary/aromatic N) is 1. The number of likely N-dealkylation sites (N-methyl/N-ethyl adjacent to an activating group) is 1. The SMILES string of the molecule is CCN(CCOCCCl)Cc1cccs1. The summed E-state index contributed by atoms with van der Waals surface area (Å²) in [5.41, 5.74) is 0. The summed E-state index contributed by atoms with van der Waals surface area (Å²) in [7, 11) is 0. The first-order valence-electron chi connectivity index (χ1n) is 5.25. The Labute approximate surface area is 101 Å². The second kappa shape index (κ2) is 8.11. The lowest BCUT2D eigenvalue weighted by Gasteiger charge is -2.19. The van der Waals surface area contributed by atoms with E-state index >= 15 is 0 Å². The van der Waals surface area contributed by atoms with Crippen molar-refractivity contribution in [2.45, 2.75) is 13.5 Å². The molecule has 0 aliphatic carbocycles. The van der Waals surface area contributed by atoms with Gasteiger partial charge in [0.15, 0.2) is 0 Å². The largest absolute Gasteiger partial charge is 0.379 e.